The summed E-state index contributed by atoms with van der Waals surface area (Å²) in [4.78, 5) is 1.40. The molecule has 0 aromatic heterocycles. The minimum atomic E-state index is -4.42. The lowest BCUT2D eigenvalue weighted by molar-refractivity contribution is -0.137. The average Bonchev–Trinajstić information content (AvgIpc) is 2.31. The maximum atomic E-state index is 12.7. The average molecular weight is 269 g/mol. The summed E-state index contributed by atoms with van der Waals surface area (Å²) in [5.74, 6) is 0. The summed E-state index contributed by atoms with van der Waals surface area (Å²) in [6, 6.07) is 13.2. The second kappa shape index (κ2) is 4.94. The minimum absolute atomic E-state index is 0.250. The second-order valence-corrected chi connectivity index (χ2v) is 4.81. The van der Waals surface area contributed by atoms with Crippen molar-refractivity contribution < 1.29 is 13.2 Å². The Morgan fingerprint density at radius 3 is 2.17 bits per heavy atom. The first kappa shape index (κ1) is 12.8. The van der Waals surface area contributed by atoms with Crippen molar-refractivity contribution >= 4 is 17.4 Å². The zero-order valence-corrected chi connectivity index (χ0v) is 10.1. The van der Waals surface area contributed by atoms with E-state index in [0.717, 1.165) is 11.0 Å². The van der Waals surface area contributed by atoms with Crippen molar-refractivity contribution in [3.05, 3.63) is 54.1 Å². The van der Waals surface area contributed by atoms with Crippen molar-refractivity contribution in [3.63, 3.8) is 0 Å². The molecule has 0 spiro atoms. The fraction of sp³-hybridized carbons (Fsp3) is 0.0769. The van der Waals surface area contributed by atoms with E-state index in [-0.39, 0.29) is 5.69 Å². The molecular formula is C13H10F3NS. The highest BCUT2D eigenvalue weighted by atomic mass is 32.2. The van der Waals surface area contributed by atoms with Crippen LogP contribution in [0.3, 0.4) is 0 Å². The van der Waals surface area contributed by atoms with Gasteiger partial charge in [-0.3, -0.25) is 0 Å². The van der Waals surface area contributed by atoms with Gasteiger partial charge in [-0.2, -0.15) is 13.2 Å². The summed E-state index contributed by atoms with van der Waals surface area (Å²) in [7, 11) is 0. The Morgan fingerprint density at radius 2 is 1.56 bits per heavy atom. The quantitative estimate of drug-likeness (QED) is 0.816. The van der Waals surface area contributed by atoms with E-state index in [1.54, 1.807) is 6.07 Å². The SMILES string of the molecule is Nc1ccc(Sc2ccccc2)cc1C(F)(F)F. The summed E-state index contributed by atoms with van der Waals surface area (Å²) >= 11 is 1.27. The van der Waals surface area contributed by atoms with E-state index >= 15 is 0 Å². The molecule has 5 heteroatoms. The number of nitrogen functional groups attached to an aromatic ring is 1. The standard InChI is InChI=1S/C13H10F3NS/c14-13(15,16)11-8-10(6-7-12(11)17)18-9-4-2-1-3-5-9/h1-8H,17H2. The summed E-state index contributed by atoms with van der Waals surface area (Å²) in [6.07, 6.45) is -4.42. The van der Waals surface area contributed by atoms with Gasteiger partial charge in [-0.05, 0) is 30.3 Å². The first-order valence-corrected chi connectivity index (χ1v) is 5.98. The molecule has 2 rings (SSSR count). The van der Waals surface area contributed by atoms with Gasteiger partial charge in [-0.1, -0.05) is 30.0 Å². The lowest BCUT2D eigenvalue weighted by Gasteiger charge is -2.11. The second-order valence-electron chi connectivity index (χ2n) is 3.66. The van der Waals surface area contributed by atoms with E-state index < -0.39 is 11.7 Å². The van der Waals surface area contributed by atoms with Gasteiger partial charge in [-0.15, -0.1) is 0 Å². The molecule has 0 saturated carbocycles. The van der Waals surface area contributed by atoms with Gasteiger partial charge in [0.25, 0.3) is 0 Å². The maximum absolute atomic E-state index is 12.7. The number of hydrogen-bond donors (Lipinski definition) is 1. The zero-order chi connectivity index (χ0) is 13.2. The van der Waals surface area contributed by atoms with Gasteiger partial charge in [0.2, 0.25) is 0 Å². The fourth-order valence-corrected chi connectivity index (χ4v) is 2.35. The lowest BCUT2D eigenvalue weighted by atomic mass is 10.2. The third-order valence-corrected chi connectivity index (χ3v) is 3.31. The highest BCUT2D eigenvalue weighted by molar-refractivity contribution is 7.99. The summed E-state index contributed by atoms with van der Waals surface area (Å²) in [6.45, 7) is 0. The number of rotatable bonds is 2. The molecule has 0 atom stereocenters. The van der Waals surface area contributed by atoms with Crippen LogP contribution in [-0.4, -0.2) is 0 Å². The summed E-state index contributed by atoms with van der Waals surface area (Å²) in [5, 5.41) is 0. The Balaban J connectivity index is 2.31. The van der Waals surface area contributed by atoms with Crippen LogP contribution in [0.25, 0.3) is 0 Å². The molecule has 0 radical (unpaired) electrons. The Labute approximate surface area is 107 Å². The number of benzene rings is 2. The molecule has 0 bridgehead atoms. The Hall–Kier alpha value is -1.62. The molecule has 0 aliphatic heterocycles. The van der Waals surface area contributed by atoms with E-state index in [0.29, 0.717) is 4.90 Å². The molecule has 0 unspecified atom stereocenters. The van der Waals surface area contributed by atoms with E-state index in [1.807, 2.05) is 30.3 Å². The lowest BCUT2D eigenvalue weighted by Crippen LogP contribution is -2.08. The van der Waals surface area contributed by atoms with Gasteiger partial charge in [0.15, 0.2) is 0 Å². The predicted molar refractivity (Wildman–Crippen MR) is 66.4 cm³/mol. The van der Waals surface area contributed by atoms with E-state index in [1.165, 1.54) is 17.8 Å². The van der Waals surface area contributed by atoms with Crippen LogP contribution in [0.1, 0.15) is 5.56 Å². The fourth-order valence-electron chi connectivity index (χ4n) is 1.47. The van der Waals surface area contributed by atoms with Crippen molar-refractivity contribution in [1.82, 2.24) is 0 Å². The largest absolute Gasteiger partial charge is 0.418 e. The van der Waals surface area contributed by atoms with Crippen LogP contribution in [0.15, 0.2) is 58.3 Å². The molecule has 2 N–H and O–H groups in total. The van der Waals surface area contributed by atoms with Gasteiger partial charge >= 0.3 is 6.18 Å². The van der Waals surface area contributed by atoms with E-state index in [2.05, 4.69) is 0 Å². The molecule has 0 aliphatic carbocycles. The molecular weight excluding hydrogens is 259 g/mol. The number of hydrogen-bond acceptors (Lipinski definition) is 2. The first-order chi connectivity index (χ1) is 8.47. The van der Waals surface area contributed by atoms with Crippen molar-refractivity contribution in [2.75, 3.05) is 5.73 Å². The molecule has 0 fully saturated rings. The number of halogens is 3. The highest BCUT2D eigenvalue weighted by Gasteiger charge is 2.33. The Bertz CT molecular complexity index is 538. The van der Waals surface area contributed by atoms with Gasteiger partial charge < -0.3 is 5.73 Å². The molecule has 1 nitrogen and oxygen atoms in total. The van der Waals surface area contributed by atoms with Gasteiger partial charge in [0.05, 0.1) is 5.56 Å². The summed E-state index contributed by atoms with van der Waals surface area (Å²) in [5.41, 5.74) is 4.30. The third-order valence-electron chi connectivity index (χ3n) is 2.31. The van der Waals surface area contributed by atoms with Crippen molar-refractivity contribution in [2.45, 2.75) is 16.0 Å². The molecule has 2 aromatic carbocycles. The van der Waals surface area contributed by atoms with Crippen LogP contribution in [0.5, 0.6) is 0 Å². The molecule has 0 heterocycles. The normalized spacial score (nSPS) is 11.5. The predicted octanol–water partition coefficient (Wildman–Crippen LogP) is 4.44. The highest BCUT2D eigenvalue weighted by Crippen LogP contribution is 2.37. The van der Waals surface area contributed by atoms with Crippen molar-refractivity contribution in [1.29, 1.82) is 0 Å². The molecule has 0 amide bonds. The van der Waals surface area contributed by atoms with Crippen LogP contribution < -0.4 is 5.73 Å². The maximum Gasteiger partial charge on any atom is 0.418 e. The van der Waals surface area contributed by atoms with Crippen LogP contribution in [0.2, 0.25) is 0 Å². The van der Waals surface area contributed by atoms with Crippen LogP contribution >= 0.6 is 11.8 Å². The number of anilines is 1. The van der Waals surface area contributed by atoms with E-state index in [9.17, 15) is 13.2 Å². The van der Waals surface area contributed by atoms with Crippen LogP contribution in [0, 0.1) is 0 Å². The number of nitrogens with two attached hydrogens (primary N) is 1. The smallest absolute Gasteiger partial charge is 0.398 e. The Morgan fingerprint density at radius 1 is 0.889 bits per heavy atom. The van der Waals surface area contributed by atoms with Crippen molar-refractivity contribution in [3.8, 4) is 0 Å². The van der Waals surface area contributed by atoms with Gasteiger partial charge in [-0.25, -0.2) is 0 Å². The molecule has 2 aromatic rings. The van der Waals surface area contributed by atoms with Crippen LogP contribution in [-0.2, 0) is 6.18 Å². The topological polar surface area (TPSA) is 26.0 Å². The molecule has 94 valence electrons. The van der Waals surface area contributed by atoms with Gasteiger partial charge in [0, 0.05) is 15.5 Å². The third kappa shape index (κ3) is 2.98. The minimum Gasteiger partial charge on any atom is -0.398 e. The molecule has 0 saturated heterocycles. The first-order valence-electron chi connectivity index (χ1n) is 5.16. The van der Waals surface area contributed by atoms with E-state index in [4.69, 9.17) is 5.73 Å². The van der Waals surface area contributed by atoms with Gasteiger partial charge in [0.1, 0.15) is 0 Å². The molecule has 18 heavy (non-hydrogen) atoms. The Kier molecular flexibility index (Phi) is 3.52. The summed E-state index contributed by atoms with van der Waals surface area (Å²) < 4.78 is 38.0. The molecule has 0 aliphatic rings. The number of alkyl halides is 3. The zero-order valence-electron chi connectivity index (χ0n) is 9.24. The monoisotopic (exact) mass is 269 g/mol. The van der Waals surface area contributed by atoms with Crippen LogP contribution in [0.4, 0.5) is 18.9 Å². The van der Waals surface area contributed by atoms with Crippen molar-refractivity contribution in [2.24, 2.45) is 0 Å².